The molecule has 0 N–H and O–H groups in total. The molecule has 0 fully saturated rings. The first-order chi connectivity index (χ1) is 6.24. The molecule has 0 aliphatic carbocycles. The number of rotatable bonds is 4. The maximum Gasteiger partial charge on any atom is 0.0939 e. The Morgan fingerprint density at radius 3 is 3.00 bits per heavy atom. The summed E-state index contributed by atoms with van der Waals surface area (Å²) < 4.78 is 1.91. The molecule has 0 saturated heterocycles. The number of terminal acetylenes is 1. The fourth-order valence-corrected chi connectivity index (χ4v) is 2.05. The van der Waals surface area contributed by atoms with Gasteiger partial charge in [-0.25, -0.2) is 0 Å². The van der Waals surface area contributed by atoms with Crippen LogP contribution in [0.5, 0.6) is 0 Å². The molecule has 0 unspecified atom stereocenters. The Balaban J connectivity index is 2.37. The second kappa shape index (κ2) is 4.98. The number of thioether (sulfide) groups is 1. The summed E-state index contributed by atoms with van der Waals surface area (Å²) in [5.41, 5.74) is 1.07. The maximum atomic E-state index is 5.17. The van der Waals surface area contributed by atoms with Crippen molar-refractivity contribution in [1.82, 2.24) is 9.78 Å². The molecule has 0 saturated carbocycles. The predicted octanol–water partition coefficient (Wildman–Crippen LogP) is 2.23. The van der Waals surface area contributed by atoms with Crippen molar-refractivity contribution in [2.45, 2.75) is 24.8 Å². The highest BCUT2D eigenvalue weighted by Gasteiger charge is 2.00. The number of nitrogens with zero attached hydrogens (tertiary/aromatic N) is 2. The highest BCUT2D eigenvalue weighted by atomic mass is 32.2. The summed E-state index contributed by atoms with van der Waals surface area (Å²) in [6, 6.07) is 2.10. The number of aryl methyl sites for hydroxylation is 2. The van der Waals surface area contributed by atoms with Crippen molar-refractivity contribution < 1.29 is 0 Å². The van der Waals surface area contributed by atoms with E-state index in [0.717, 1.165) is 24.3 Å². The first-order valence-electron chi connectivity index (χ1n) is 4.31. The van der Waals surface area contributed by atoms with Gasteiger partial charge >= 0.3 is 0 Å². The van der Waals surface area contributed by atoms with Crippen LogP contribution in [0.3, 0.4) is 0 Å². The highest BCUT2D eigenvalue weighted by molar-refractivity contribution is 7.99. The van der Waals surface area contributed by atoms with Gasteiger partial charge in [0.1, 0.15) is 0 Å². The largest absolute Gasteiger partial charge is 0.262 e. The minimum absolute atomic E-state index is 0.865. The molecule has 13 heavy (non-hydrogen) atoms. The molecule has 0 aromatic carbocycles. The molecule has 3 heteroatoms. The molecule has 70 valence electrons. The zero-order valence-electron chi connectivity index (χ0n) is 8.08. The van der Waals surface area contributed by atoms with E-state index in [9.17, 15) is 0 Å². The van der Waals surface area contributed by atoms with E-state index >= 15 is 0 Å². The van der Waals surface area contributed by atoms with Gasteiger partial charge in [0.2, 0.25) is 0 Å². The van der Waals surface area contributed by atoms with Gasteiger partial charge in [0.05, 0.1) is 10.7 Å². The molecule has 0 aliphatic rings. The number of hydrogen-bond donors (Lipinski definition) is 0. The van der Waals surface area contributed by atoms with Crippen molar-refractivity contribution in [2.24, 2.45) is 7.05 Å². The van der Waals surface area contributed by atoms with Crippen LogP contribution in [-0.4, -0.2) is 15.5 Å². The van der Waals surface area contributed by atoms with Gasteiger partial charge in [-0.15, -0.1) is 24.1 Å². The van der Waals surface area contributed by atoms with E-state index in [1.165, 1.54) is 5.03 Å². The van der Waals surface area contributed by atoms with Crippen LogP contribution in [0.2, 0.25) is 0 Å². The molecule has 0 amide bonds. The molecule has 1 rings (SSSR count). The normalized spacial score (nSPS) is 9.92. The Morgan fingerprint density at radius 1 is 1.69 bits per heavy atom. The SMILES string of the molecule is C#CCCCSc1cc(C)nn1C. The Morgan fingerprint density at radius 2 is 2.46 bits per heavy atom. The Bertz CT molecular complexity index is 309. The molecule has 0 aliphatic heterocycles. The van der Waals surface area contributed by atoms with Crippen LogP contribution < -0.4 is 0 Å². The van der Waals surface area contributed by atoms with Crippen LogP contribution in [0.25, 0.3) is 0 Å². The maximum absolute atomic E-state index is 5.17. The molecular weight excluding hydrogens is 180 g/mol. The number of aromatic nitrogens is 2. The van der Waals surface area contributed by atoms with Crippen molar-refractivity contribution in [3.8, 4) is 12.3 Å². The Hall–Kier alpha value is -0.880. The lowest BCUT2D eigenvalue weighted by atomic mass is 10.4. The summed E-state index contributed by atoms with van der Waals surface area (Å²) >= 11 is 1.81. The van der Waals surface area contributed by atoms with Gasteiger partial charge in [-0.3, -0.25) is 4.68 Å². The van der Waals surface area contributed by atoms with Crippen LogP contribution in [-0.2, 0) is 7.05 Å². The molecule has 0 bridgehead atoms. The first kappa shape index (κ1) is 10.2. The van der Waals surface area contributed by atoms with E-state index in [-0.39, 0.29) is 0 Å². The lowest BCUT2D eigenvalue weighted by Crippen LogP contribution is -1.92. The molecule has 1 aromatic heterocycles. The third kappa shape index (κ3) is 3.16. The average molecular weight is 194 g/mol. The molecule has 2 nitrogen and oxygen atoms in total. The van der Waals surface area contributed by atoms with Crippen LogP contribution >= 0.6 is 11.8 Å². The van der Waals surface area contributed by atoms with Crippen molar-refractivity contribution in [2.75, 3.05) is 5.75 Å². The summed E-state index contributed by atoms with van der Waals surface area (Å²) in [6.07, 6.45) is 7.10. The Labute approximate surface area is 83.7 Å². The molecule has 0 atom stereocenters. The zero-order valence-corrected chi connectivity index (χ0v) is 8.90. The van der Waals surface area contributed by atoms with Crippen molar-refractivity contribution in [1.29, 1.82) is 0 Å². The summed E-state index contributed by atoms with van der Waals surface area (Å²) in [4.78, 5) is 0. The topological polar surface area (TPSA) is 17.8 Å². The number of unbranched alkanes of at least 4 members (excludes halogenated alkanes) is 1. The zero-order chi connectivity index (χ0) is 9.68. The third-order valence-electron chi connectivity index (χ3n) is 1.67. The quantitative estimate of drug-likeness (QED) is 0.415. The molecule has 0 spiro atoms. The van der Waals surface area contributed by atoms with Crippen LogP contribution in [0, 0.1) is 19.3 Å². The van der Waals surface area contributed by atoms with E-state index < -0.39 is 0 Å². The predicted molar refractivity (Wildman–Crippen MR) is 56.7 cm³/mol. The second-order valence-electron chi connectivity index (χ2n) is 2.90. The fraction of sp³-hybridized carbons (Fsp3) is 0.500. The molecule has 0 radical (unpaired) electrons. The van der Waals surface area contributed by atoms with Gasteiger partial charge < -0.3 is 0 Å². The van der Waals surface area contributed by atoms with E-state index in [0.29, 0.717) is 0 Å². The van der Waals surface area contributed by atoms with Gasteiger partial charge in [0, 0.05) is 19.2 Å². The van der Waals surface area contributed by atoms with Gasteiger partial charge in [-0.05, 0) is 19.4 Å². The van der Waals surface area contributed by atoms with Crippen LogP contribution in [0.1, 0.15) is 18.5 Å². The van der Waals surface area contributed by atoms with Gasteiger partial charge in [0.25, 0.3) is 0 Å². The number of hydrogen-bond acceptors (Lipinski definition) is 2. The first-order valence-corrected chi connectivity index (χ1v) is 5.29. The highest BCUT2D eigenvalue weighted by Crippen LogP contribution is 2.19. The van der Waals surface area contributed by atoms with E-state index in [1.807, 2.05) is 30.4 Å². The lowest BCUT2D eigenvalue weighted by Gasteiger charge is -1.99. The van der Waals surface area contributed by atoms with Crippen molar-refractivity contribution in [3.63, 3.8) is 0 Å². The summed E-state index contributed by atoms with van der Waals surface area (Å²) in [5.74, 6) is 3.71. The summed E-state index contributed by atoms with van der Waals surface area (Å²) in [7, 11) is 1.97. The molecule has 1 heterocycles. The van der Waals surface area contributed by atoms with Gasteiger partial charge in [-0.2, -0.15) is 5.10 Å². The smallest absolute Gasteiger partial charge is 0.0939 e. The van der Waals surface area contributed by atoms with Gasteiger partial charge in [0.15, 0.2) is 0 Å². The standard InChI is InChI=1S/C10H14N2S/c1-4-5-6-7-13-10-8-9(2)11-12(10)3/h1,8H,5-7H2,2-3H3. The third-order valence-corrected chi connectivity index (χ3v) is 2.85. The van der Waals surface area contributed by atoms with Crippen LogP contribution in [0.15, 0.2) is 11.1 Å². The summed E-state index contributed by atoms with van der Waals surface area (Å²) in [5, 5.41) is 5.48. The van der Waals surface area contributed by atoms with Crippen molar-refractivity contribution in [3.05, 3.63) is 11.8 Å². The molecule has 1 aromatic rings. The van der Waals surface area contributed by atoms with Crippen LogP contribution in [0.4, 0.5) is 0 Å². The lowest BCUT2D eigenvalue weighted by molar-refractivity contribution is 0.692. The minimum Gasteiger partial charge on any atom is -0.262 e. The van der Waals surface area contributed by atoms with E-state index in [4.69, 9.17) is 6.42 Å². The van der Waals surface area contributed by atoms with Crippen molar-refractivity contribution >= 4 is 11.8 Å². The minimum atomic E-state index is 0.865. The van der Waals surface area contributed by atoms with Gasteiger partial charge in [-0.1, -0.05) is 0 Å². The van der Waals surface area contributed by atoms with E-state index in [2.05, 4.69) is 17.1 Å². The van der Waals surface area contributed by atoms with E-state index in [1.54, 1.807) is 0 Å². The Kier molecular flexibility index (Phi) is 3.91. The average Bonchev–Trinajstić information content (AvgIpc) is 2.39. The molecular formula is C10H14N2S. The monoisotopic (exact) mass is 194 g/mol. The fourth-order valence-electron chi connectivity index (χ4n) is 1.07. The summed E-state index contributed by atoms with van der Waals surface area (Å²) in [6.45, 7) is 2.01. The second-order valence-corrected chi connectivity index (χ2v) is 4.02.